The van der Waals surface area contributed by atoms with E-state index in [1.165, 1.54) is 0 Å². The first-order valence-corrected chi connectivity index (χ1v) is 7.76. The smallest absolute Gasteiger partial charge is 0.253 e. The maximum absolute atomic E-state index is 12.5. The fraction of sp³-hybridized carbons (Fsp3) is 0.429. The lowest BCUT2D eigenvalue weighted by atomic mass is 9.87. The maximum Gasteiger partial charge on any atom is 0.253 e. The van der Waals surface area contributed by atoms with Crippen molar-refractivity contribution in [2.24, 2.45) is 5.73 Å². The highest BCUT2D eigenvalue weighted by Crippen LogP contribution is 2.25. The molecule has 114 valence electrons. The van der Waals surface area contributed by atoms with Crippen molar-refractivity contribution in [3.63, 3.8) is 0 Å². The fourth-order valence-electron chi connectivity index (χ4n) is 2.39. The van der Waals surface area contributed by atoms with Crippen molar-refractivity contribution >= 4 is 46.3 Å². The number of piperidine rings is 1. The predicted octanol–water partition coefficient (Wildman–Crippen LogP) is 2.47. The molecule has 1 amide bonds. The highest BCUT2D eigenvalue weighted by molar-refractivity contribution is 7.80. The lowest BCUT2D eigenvalue weighted by molar-refractivity contribution is 0.0890. The molecule has 3 N–H and O–H groups in total. The Bertz CT molecular complexity index is 571. The van der Waals surface area contributed by atoms with Crippen LogP contribution < -0.4 is 11.1 Å². The first kappa shape index (κ1) is 16.5. The van der Waals surface area contributed by atoms with E-state index < -0.39 is 5.54 Å². The van der Waals surface area contributed by atoms with Crippen molar-refractivity contribution in [1.29, 1.82) is 0 Å². The lowest BCUT2D eigenvalue weighted by Gasteiger charge is -2.40. The molecule has 0 saturated carbocycles. The van der Waals surface area contributed by atoms with Crippen LogP contribution in [-0.2, 0) is 0 Å². The van der Waals surface area contributed by atoms with E-state index >= 15 is 0 Å². The van der Waals surface area contributed by atoms with Crippen LogP contribution >= 0.6 is 35.4 Å². The van der Waals surface area contributed by atoms with E-state index in [0.29, 0.717) is 33.4 Å². The van der Waals surface area contributed by atoms with E-state index in [9.17, 15) is 4.79 Å². The van der Waals surface area contributed by atoms with Crippen molar-refractivity contribution in [2.75, 3.05) is 20.1 Å². The summed E-state index contributed by atoms with van der Waals surface area (Å²) in [7, 11) is 2.03. The molecule has 0 aliphatic carbocycles. The number of carbonyl (C=O) groups is 1. The van der Waals surface area contributed by atoms with Crippen molar-refractivity contribution in [2.45, 2.75) is 18.4 Å². The summed E-state index contributed by atoms with van der Waals surface area (Å²) in [6.45, 7) is 1.64. The summed E-state index contributed by atoms with van der Waals surface area (Å²) in [4.78, 5) is 15.0. The molecule has 1 aromatic rings. The first-order chi connectivity index (χ1) is 9.84. The van der Waals surface area contributed by atoms with Gasteiger partial charge in [-0.1, -0.05) is 35.4 Å². The minimum absolute atomic E-state index is 0.306. The van der Waals surface area contributed by atoms with Crippen LogP contribution in [0.15, 0.2) is 18.2 Å². The van der Waals surface area contributed by atoms with Crippen molar-refractivity contribution in [3.05, 3.63) is 33.8 Å². The number of halogens is 2. The van der Waals surface area contributed by atoms with Gasteiger partial charge in [-0.2, -0.15) is 0 Å². The Morgan fingerprint density at radius 1 is 1.38 bits per heavy atom. The van der Waals surface area contributed by atoms with E-state index in [4.69, 9.17) is 41.2 Å². The Morgan fingerprint density at radius 3 is 2.57 bits per heavy atom. The summed E-state index contributed by atoms with van der Waals surface area (Å²) in [5.74, 6) is -0.306. The van der Waals surface area contributed by atoms with Gasteiger partial charge in [0.1, 0.15) is 0 Å². The number of carbonyl (C=O) groups excluding carboxylic acids is 1. The Balaban J connectivity index is 2.23. The summed E-state index contributed by atoms with van der Waals surface area (Å²) in [6, 6.07) is 4.78. The van der Waals surface area contributed by atoms with E-state index in [1.54, 1.807) is 18.2 Å². The molecule has 0 radical (unpaired) electrons. The monoisotopic (exact) mass is 345 g/mol. The second kappa shape index (κ2) is 6.48. The molecule has 0 aromatic heterocycles. The van der Waals surface area contributed by atoms with Gasteiger partial charge in [0.25, 0.3) is 5.91 Å². The molecule has 0 bridgehead atoms. The standard InChI is InChI=1S/C14H17Cl2N3OS/c1-19-6-4-14(5-7-19,13(17)21)18-12(20)10-8-9(15)2-3-11(10)16/h2-3,8H,4-7H2,1H3,(H2,17,21)(H,18,20). The summed E-state index contributed by atoms with van der Waals surface area (Å²) in [5.41, 5.74) is 5.55. The normalized spacial score (nSPS) is 18.2. The molecule has 21 heavy (non-hydrogen) atoms. The molecule has 1 fully saturated rings. The van der Waals surface area contributed by atoms with Crippen LogP contribution in [0.5, 0.6) is 0 Å². The number of likely N-dealkylation sites (tertiary alicyclic amines) is 1. The van der Waals surface area contributed by atoms with Gasteiger partial charge >= 0.3 is 0 Å². The van der Waals surface area contributed by atoms with Crippen LogP contribution in [0.25, 0.3) is 0 Å². The Hall–Kier alpha value is -0.880. The zero-order valence-corrected chi connectivity index (χ0v) is 14.0. The predicted molar refractivity (Wildman–Crippen MR) is 90.2 cm³/mol. The molecule has 1 heterocycles. The molecule has 2 rings (SSSR count). The molecular weight excluding hydrogens is 329 g/mol. The number of nitrogens with two attached hydrogens (primary N) is 1. The lowest BCUT2D eigenvalue weighted by Crippen LogP contribution is -2.61. The molecule has 0 spiro atoms. The number of thiocarbonyl (C=S) groups is 1. The molecule has 7 heteroatoms. The van der Waals surface area contributed by atoms with Gasteiger partial charge in [-0.15, -0.1) is 0 Å². The van der Waals surface area contributed by atoms with Gasteiger partial charge in [-0.05, 0) is 38.1 Å². The van der Waals surface area contributed by atoms with Gasteiger partial charge in [0.2, 0.25) is 0 Å². The molecule has 4 nitrogen and oxygen atoms in total. The highest BCUT2D eigenvalue weighted by atomic mass is 35.5. The first-order valence-electron chi connectivity index (χ1n) is 6.60. The van der Waals surface area contributed by atoms with Gasteiger partial charge < -0.3 is 16.0 Å². The number of hydrogen-bond donors (Lipinski definition) is 2. The average Bonchev–Trinajstić information content (AvgIpc) is 2.44. The Labute approximate surface area is 139 Å². The summed E-state index contributed by atoms with van der Waals surface area (Å²) < 4.78 is 0. The number of benzene rings is 1. The molecule has 0 unspecified atom stereocenters. The summed E-state index contributed by atoms with van der Waals surface area (Å²) in [5, 5.41) is 3.77. The van der Waals surface area contributed by atoms with Crippen LogP contribution in [0.4, 0.5) is 0 Å². The number of amides is 1. The van der Waals surface area contributed by atoms with Crippen LogP contribution in [0.1, 0.15) is 23.2 Å². The number of rotatable bonds is 3. The van der Waals surface area contributed by atoms with Gasteiger partial charge in [0.15, 0.2) is 0 Å². The topological polar surface area (TPSA) is 58.4 Å². The third kappa shape index (κ3) is 3.66. The zero-order chi connectivity index (χ0) is 15.6. The zero-order valence-electron chi connectivity index (χ0n) is 11.7. The van der Waals surface area contributed by atoms with E-state index in [-0.39, 0.29) is 5.91 Å². The number of nitrogens with zero attached hydrogens (tertiary/aromatic N) is 1. The third-order valence-electron chi connectivity index (χ3n) is 3.84. The summed E-state index contributed by atoms with van der Waals surface area (Å²) in [6.07, 6.45) is 1.37. The largest absolute Gasteiger partial charge is 0.391 e. The molecule has 0 atom stereocenters. The minimum atomic E-state index is -0.662. The van der Waals surface area contributed by atoms with E-state index in [1.807, 2.05) is 7.05 Å². The molecule has 1 saturated heterocycles. The summed E-state index contributed by atoms with van der Waals surface area (Å²) >= 11 is 17.2. The van der Waals surface area contributed by atoms with Crippen molar-refractivity contribution in [3.8, 4) is 0 Å². The van der Waals surface area contributed by atoms with Crippen LogP contribution in [0.2, 0.25) is 10.0 Å². The van der Waals surface area contributed by atoms with Gasteiger partial charge in [0.05, 0.1) is 21.1 Å². The van der Waals surface area contributed by atoms with Gasteiger partial charge in [-0.3, -0.25) is 4.79 Å². The van der Waals surface area contributed by atoms with E-state index in [2.05, 4.69) is 10.2 Å². The Morgan fingerprint density at radius 2 is 2.00 bits per heavy atom. The van der Waals surface area contributed by atoms with Crippen LogP contribution in [0, 0.1) is 0 Å². The van der Waals surface area contributed by atoms with Crippen LogP contribution in [-0.4, -0.2) is 41.5 Å². The fourth-order valence-corrected chi connectivity index (χ4v) is 3.02. The molecular formula is C14H17Cl2N3OS. The maximum atomic E-state index is 12.5. The highest BCUT2D eigenvalue weighted by Gasteiger charge is 2.38. The third-order valence-corrected chi connectivity index (χ3v) is 4.79. The minimum Gasteiger partial charge on any atom is -0.391 e. The van der Waals surface area contributed by atoms with Crippen LogP contribution in [0.3, 0.4) is 0 Å². The van der Waals surface area contributed by atoms with Gasteiger partial charge in [0, 0.05) is 18.1 Å². The van der Waals surface area contributed by atoms with Crippen molar-refractivity contribution < 1.29 is 4.79 Å². The molecule has 1 aromatic carbocycles. The molecule has 1 aliphatic rings. The Kier molecular flexibility index (Phi) is 5.09. The SMILES string of the molecule is CN1CCC(NC(=O)c2cc(Cl)ccc2Cl)(C(N)=S)CC1. The molecule has 1 aliphatic heterocycles. The van der Waals surface area contributed by atoms with E-state index in [0.717, 1.165) is 13.1 Å². The number of nitrogens with one attached hydrogen (secondary N) is 1. The van der Waals surface area contributed by atoms with Gasteiger partial charge in [-0.25, -0.2) is 0 Å². The second-order valence-corrected chi connectivity index (χ2v) is 6.61. The second-order valence-electron chi connectivity index (χ2n) is 5.33. The quantitative estimate of drug-likeness (QED) is 0.826. The average molecular weight is 346 g/mol. The number of hydrogen-bond acceptors (Lipinski definition) is 3. The van der Waals surface area contributed by atoms with Crippen molar-refractivity contribution in [1.82, 2.24) is 10.2 Å².